The number of hydrogen-bond acceptors (Lipinski definition) is 12. The lowest BCUT2D eigenvalue weighted by molar-refractivity contribution is -0.304. The van der Waals surface area contributed by atoms with Crippen LogP contribution in [-0.4, -0.2) is 80.3 Å². The highest BCUT2D eigenvalue weighted by atomic mass is 79.9. The maximum atomic E-state index is 12.6. The van der Waals surface area contributed by atoms with Crippen molar-refractivity contribution in [1.29, 1.82) is 0 Å². The summed E-state index contributed by atoms with van der Waals surface area (Å²) in [4.78, 5) is 25.2. The van der Waals surface area contributed by atoms with Gasteiger partial charge in [0.2, 0.25) is 6.29 Å². The zero-order valence-corrected chi connectivity index (χ0v) is 42.6. The van der Waals surface area contributed by atoms with Crippen molar-refractivity contribution in [2.45, 2.75) is 108 Å². The van der Waals surface area contributed by atoms with Gasteiger partial charge in [0.1, 0.15) is 55.6 Å². The average molecular weight is 1060 g/mol. The van der Waals surface area contributed by atoms with Gasteiger partial charge in [-0.15, -0.1) is 0 Å². The third-order valence-corrected chi connectivity index (χ3v) is 13.1. The van der Waals surface area contributed by atoms with Gasteiger partial charge in [0.05, 0.1) is 45.2 Å². The quantitative estimate of drug-likeness (QED) is 0.0567. The molecule has 2 fully saturated rings. The second-order valence-corrected chi connectivity index (χ2v) is 19.1. The van der Waals surface area contributed by atoms with Gasteiger partial charge < -0.3 is 47.4 Å². The highest BCUT2D eigenvalue weighted by Crippen LogP contribution is 2.41. The van der Waals surface area contributed by atoms with E-state index >= 15 is 0 Å². The van der Waals surface area contributed by atoms with Gasteiger partial charge in [-0.1, -0.05) is 179 Å². The summed E-state index contributed by atoms with van der Waals surface area (Å²) in [5, 5.41) is 0.437. The smallest absolute Gasteiger partial charge is 0.302 e. The summed E-state index contributed by atoms with van der Waals surface area (Å²) in [5.41, 5.74) is 4.64. The number of ether oxygens (including phenoxy) is 10. The minimum atomic E-state index is -1.10. The molecular formula is C58H60BrClO12. The number of halogens is 2. The molecule has 0 N–H and O–H groups in total. The number of carbonyl (C=O) groups excluding carboxylic acids is 2. The van der Waals surface area contributed by atoms with Crippen LogP contribution in [-0.2, 0) is 85.3 Å². The van der Waals surface area contributed by atoms with E-state index in [0.29, 0.717) is 15.2 Å². The molecule has 0 bridgehead atoms. The van der Waals surface area contributed by atoms with Crippen molar-refractivity contribution in [3.8, 4) is 5.75 Å². The topological polar surface area (TPSA) is 126 Å². The van der Waals surface area contributed by atoms with Crippen molar-refractivity contribution in [3.05, 3.63) is 207 Å². The summed E-state index contributed by atoms with van der Waals surface area (Å²) >= 11 is 10.2. The summed E-state index contributed by atoms with van der Waals surface area (Å²) in [6, 6.07) is 54.4. The molecule has 0 spiro atoms. The molecule has 2 heterocycles. The van der Waals surface area contributed by atoms with Crippen LogP contribution < -0.4 is 4.74 Å². The molecule has 0 aliphatic carbocycles. The molecule has 0 aromatic heterocycles. The zero-order valence-electron chi connectivity index (χ0n) is 40.3. The van der Waals surface area contributed by atoms with Gasteiger partial charge >= 0.3 is 11.9 Å². The standard InChI is InChI=1S/C58H60BrClO12/c1-39(61)63-37-51-53(65-32-41-18-8-3-9-19-41)49(54(66-33-42-20-10-4-11-21-42)58(72-51)70-48-29-46(59)28-47(60)30-48)31-50-55(67-34-43-22-12-5-13-23-43)57(69-36-45-26-16-7-17-27-45)56(52(71-50)38-64-40(2)62)68-35-44-24-14-6-15-25-44/h3-30,49-58H,31-38H2,1-2H3/t49-,50+,51+,52+,53-,54-,55+,56+,57+,58-/m0/s1. The highest BCUT2D eigenvalue weighted by Gasteiger charge is 2.54. The normalized spacial score (nSPS) is 24.0. The van der Waals surface area contributed by atoms with Crippen LogP contribution in [0.3, 0.4) is 0 Å². The van der Waals surface area contributed by atoms with E-state index in [-0.39, 0.29) is 52.7 Å². The molecule has 14 heteroatoms. The molecule has 0 amide bonds. The van der Waals surface area contributed by atoms with Crippen LogP contribution in [0, 0.1) is 5.92 Å². The van der Waals surface area contributed by atoms with E-state index in [4.69, 9.17) is 59.0 Å². The van der Waals surface area contributed by atoms with Gasteiger partial charge in [0.25, 0.3) is 0 Å². The summed E-state index contributed by atoms with van der Waals surface area (Å²) in [7, 11) is 0. The largest absolute Gasteiger partial charge is 0.463 e. The lowest BCUT2D eigenvalue weighted by atomic mass is 9.80. The van der Waals surface area contributed by atoms with Crippen molar-refractivity contribution in [2.24, 2.45) is 5.92 Å². The van der Waals surface area contributed by atoms with Crippen LogP contribution in [0.1, 0.15) is 48.1 Å². The van der Waals surface area contributed by atoms with Crippen molar-refractivity contribution in [3.63, 3.8) is 0 Å². The van der Waals surface area contributed by atoms with Gasteiger partial charge in [0.15, 0.2) is 0 Å². The van der Waals surface area contributed by atoms with Crippen molar-refractivity contribution in [2.75, 3.05) is 13.2 Å². The van der Waals surface area contributed by atoms with Gasteiger partial charge in [-0.05, 0) is 52.4 Å². The number of rotatable bonds is 23. The first-order valence-corrected chi connectivity index (χ1v) is 25.3. The van der Waals surface area contributed by atoms with Crippen LogP contribution in [0.5, 0.6) is 5.75 Å². The van der Waals surface area contributed by atoms with E-state index in [9.17, 15) is 9.59 Å². The Kier molecular flexibility index (Phi) is 19.8. The lowest BCUT2D eigenvalue weighted by Gasteiger charge is -2.50. The maximum Gasteiger partial charge on any atom is 0.302 e. The molecule has 8 rings (SSSR count). The lowest BCUT2D eigenvalue weighted by Crippen LogP contribution is -2.64. The second kappa shape index (κ2) is 27.0. The molecule has 72 heavy (non-hydrogen) atoms. The molecule has 6 aromatic rings. The summed E-state index contributed by atoms with van der Waals surface area (Å²) < 4.78 is 68.1. The van der Waals surface area contributed by atoms with Crippen LogP contribution >= 0.6 is 27.5 Å². The van der Waals surface area contributed by atoms with Gasteiger partial charge in [-0.3, -0.25) is 9.59 Å². The monoisotopic (exact) mass is 1060 g/mol. The van der Waals surface area contributed by atoms with E-state index in [2.05, 4.69) is 15.9 Å². The summed E-state index contributed by atoms with van der Waals surface area (Å²) in [5.74, 6) is -1.18. The highest BCUT2D eigenvalue weighted by molar-refractivity contribution is 9.10. The minimum Gasteiger partial charge on any atom is -0.463 e. The Hall–Kier alpha value is -5.45. The van der Waals surface area contributed by atoms with Crippen LogP contribution in [0.4, 0.5) is 0 Å². The van der Waals surface area contributed by atoms with Crippen LogP contribution in [0.15, 0.2) is 174 Å². The Morgan fingerprint density at radius 3 is 1.26 bits per heavy atom. The number of esters is 2. The van der Waals surface area contributed by atoms with Crippen molar-refractivity contribution in [1.82, 2.24) is 0 Å². The molecular weight excluding hydrogens is 1000 g/mol. The molecule has 12 nitrogen and oxygen atoms in total. The Morgan fingerprint density at radius 2 is 0.847 bits per heavy atom. The molecule has 2 aliphatic heterocycles. The Balaban J connectivity index is 1.25. The van der Waals surface area contributed by atoms with Gasteiger partial charge in [-0.25, -0.2) is 0 Å². The fraction of sp³-hybridized carbons (Fsp3) is 0.345. The SMILES string of the molecule is CC(=O)OC[C@H]1O[C@H](Oc2cc(Cl)cc(Br)c2)[C@@H](OCc2ccccc2)[C@@H](C[C@H]2O[C@H](COC(C)=O)[C@@H](OCc3ccccc3)[C@H](OCc3ccccc3)[C@@H]2OCc2ccccc2)[C@@H]1OCc1ccccc1. The molecule has 10 atom stereocenters. The summed E-state index contributed by atoms with van der Waals surface area (Å²) in [6.07, 6.45) is -7.43. The van der Waals surface area contributed by atoms with Crippen LogP contribution in [0.2, 0.25) is 5.02 Å². The van der Waals surface area contributed by atoms with E-state index in [1.165, 1.54) is 13.8 Å². The fourth-order valence-corrected chi connectivity index (χ4v) is 9.89. The van der Waals surface area contributed by atoms with Crippen molar-refractivity contribution < 1.29 is 57.0 Å². The third-order valence-electron chi connectivity index (χ3n) is 12.4. The minimum absolute atomic E-state index is 0.137. The first-order valence-electron chi connectivity index (χ1n) is 24.1. The van der Waals surface area contributed by atoms with Crippen molar-refractivity contribution >= 4 is 39.5 Å². The average Bonchev–Trinajstić information content (AvgIpc) is 3.39. The molecule has 2 aliphatic rings. The number of hydrogen-bond donors (Lipinski definition) is 0. The maximum absolute atomic E-state index is 12.6. The van der Waals surface area contributed by atoms with E-state index in [1.54, 1.807) is 18.2 Å². The number of carbonyl (C=O) groups is 2. The zero-order chi connectivity index (χ0) is 50.1. The molecule has 378 valence electrons. The predicted octanol–water partition coefficient (Wildman–Crippen LogP) is 11.0. The van der Waals surface area contributed by atoms with Gasteiger partial charge in [-0.2, -0.15) is 0 Å². The van der Waals surface area contributed by atoms with Crippen LogP contribution in [0.25, 0.3) is 0 Å². The first kappa shape index (κ1) is 52.9. The third kappa shape index (κ3) is 15.5. The predicted molar refractivity (Wildman–Crippen MR) is 274 cm³/mol. The van der Waals surface area contributed by atoms with E-state index < -0.39 is 73.0 Å². The van der Waals surface area contributed by atoms with Gasteiger partial charge in [0, 0.05) is 29.3 Å². The van der Waals surface area contributed by atoms with E-state index in [0.717, 1.165) is 27.8 Å². The molecule has 2 saturated heterocycles. The van der Waals surface area contributed by atoms with E-state index in [1.807, 2.05) is 152 Å². The summed E-state index contributed by atoms with van der Waals surface area (Å²) in [6.45, 7) is 3.41. The second-order valence-electron chi connectivity index (χ2n) is 17.8. The first-order chi connectivity index (χ1) is 35.1. The Morgan fingerprint density at radius 1 is 0.472 bits per heavy atom. The Bertz CT molecular complexity index is 2540. The molecule has 6 aromatic carbocycles. The Labute approximate surface area is 434 Å². The fourth-order valence-electron chi connectivity index (χ4n) is 9.06. The molecule has 0 unspecified atom stereocenters. The molecule has 0 radical (unpaired) electrons. The molecule has 0 saturated carbocycles. The number of benzene rings is 6.